The van der Waals surface area contributed by atoms with Crippen LogP contribution in [0, 0.1) is 16.3 Å². The summed E-state index contributed by atoms with van der Waals surface area (Å²) in [5.74, 6) is 0.521. The van der Waals surface area contributed by atoms with E-state index in [1.165, 1.54) is 19.2 Å². The summed E-state index contributed by atoms with van der Waals surface area (Å²) in [4.78, 5) is 16.7. The average Bonchev–Trinajstić information content (AvgIpc) is 3.15. The maximum atomic E-state index is 13.1. The predicted octanol–water partition coefficient (Wildman–Crippen LogP) is 5.67. The Hall–Kier alpha value is -3.20. The van der Waals surface area contributed by atoms with Gasteiger partial charge in [0.1, 0.15) is 12.4 Å². The maximum absolute atomic E-state index is 13.1. The Balaban J connectivity index is 1.54. The average molecular weight is 543 g/mol. The molecular formula is C25H19FINO4. The highest BCUT2D eigenvalue weighted by molar-refractivity contribution is 14.1. The minimum absolute atomic E-state index is 0.207. The lowest BCUT2D eigenvalue weighted by atomic mass is 10.1. The Morgan fingerprint density at radius 1 is 1.06 bits per heavy atom. The molecule has 5 nitrogen and oxygen atoms in total. The molecule has 0 unspecified atom stereocenters. The van der Waals surface area contributed by atoms with Gasteiger partial charge in [-0.3, -0.25) is 0 Å². The molecule has 1 aliphatic rings. The molecule has 0 spiro atoms. The molecule has 0 aromatic heterocycles. The summed E-state index contributed by atoms with van der Waals surface area (Å²) in [5, 5.41) is 0. The van der Waals surface area contributed by atoms with Gasteiger partial charge in [-0.1, -0.05) is 18.2 Å². The van der Waals surface area contributed by atoms with Gasteiger partial charge in [0.2, 0.25) is 5.90 Å². The molecule has 0 saturated carbocycles. The number of nitrogens with zero attached hydrogens (tertiary/aromatic N) is 1. The highest BCUT2D eigenvalue weighted by Crippen LogP contribution is 2.30. The van der Waals surface area contributed by atoms with E-state index in [9.17, 15) is 9.18 Å². The molecular weight excluding hydrogens is 524 g/mol. The number of ether oxygens (including phenoxy) is 3. The van der Waals surface area contributed by atoms with Gasteiger partial charge in [0, 0.05) is 9.13 Å². The van der Waals surface area contributed by atoms with Crippen LogP contribution in [0.25, 0.3) is 6.08 Å². The highest BCUT2D eigenvalue weighted by Gasteiger charge is 2.24. The zero-order chi connectivity index (χ0) is 22.7. The van der Waals surface area contributed by atoms with E-state index in [0.29, 0.717) is 17.1 Å². The normalized spacial score (nSPS) is 14.3. The fourth-order valence-corrected chi connectivity index (χ4v) is 3.44. The lowest BCUT2D eigenvalue weighted by Crippen LogP contribution is -2.05. The molecule has 32 heavy (non-hydrogen) atoms. The lowest BCUT2D eigenvalue weighted by molar-refractivity contribution is -0.129. The van der Waals surface area contributed by atoms with E-state index in [1.807, 2.05) is 25.1 Å². The summed E-state index contributed by atoms with van der Waals surface area (Å²) in [6, 6.07) is 17.2. The fourth-order valence-electron chi connectivity index (χ4n) is 3.10. The molecule has 0 bridgehead atoms. The number of aryl methyl sites for hydroxylation is 1. The molecule has 0 aliphatic carbocycles. The smallest absolute Gasteiger partial charge is 0.363 e. The van der Waals surface area contributed by atoms with E-state index in [1.54, 1.807) is 36.4 Å². The second-order valence-electron chi connectivity index (χ2n) is 7.13. The molecule has 1 aliphatic heterocycles. The molecule has 0 saturated heterocycles. The number of carbonyl (C=O) groups is 1. The monoisotopic (exact) mass is 543 g/mol. The minimum Gasteiger partial charge on any atom is -0.493 e. The van der Waals surface area contributed by atoms with Gasteiger partial charge in [0.15, 0.2) is 17.2 Å². The molecule has 0 amide bonds. The van der Waals surface area contributed by atoms with E-state index in [-0.39, 0.29) is 24.0 Å². The van der Waals surface area contributed by atoms with E-state index < -0.39 is 5.97 Å². The summed E-state index contributed by atoms with van der Waals surface area (Å²) in [7, 11) is 1.54. The van der Waals surface area contributed by atoms with Crippen molar-refractivity contribution in [2.45, 2.75) is 13.5 Å². The van der Waals surface area contributed by atoms with Crippen molar-refractivity contribution in [3.05, 3.63) is 98.0 Å². The van der Waals surface area contributed by atoms with E-state index >= 15 is 0 Å². The number of rotatable bonds is 6. The Morgan fingerprint density at radius 2 is 1.84 bits per heavy atom. The van der Waals surface area contributed by atoms with Crippen LogP contribution in [0.1, 0.15) is 22.3 Å². The van der Waals surface area contributed by atoms with Gasteiger partial charge >= 0.3 is 5.97 Å². The van der Waals surface area contributed by atoms with Crippen molar-refractivity contribution in [1.29, 1.82) is 0 Å². The van der Waals surface area contributed by atoms with Gasteiger partial charge in [-0.05, 0) is 94.7 Å². The first-order chi connectivity index (χ1) is 15.4. The Kier molecular flexibility index (Phi) is 6.55. The van der Waals surface area contributed by atoms with Crippen LogP contribution >= 0.6 is 22.6 Å². The van der Waals surface area contributed by atoms with Crippen molar-refractivity contribution >= 4 is 40.5 Å². The molecule has 0 radical (unpaired) electrons. The summed E-state index contributed by atoms with van der Waals surface area (Å²) in [6.45, 7) is 2.26. The summed E-state index contributed by atoms with van der Waals surface area (Å²) >= 11 is 2.25. The SMILES string of the molecule is COc1cc(/C=C2\N=C(c3ccc(I)c(C)c3)OC2=O)ccc1OCc1ccc(F)cc1. The van der Waals surface area contributed by atoms with Gasteiger partial charge in [-0.15, -0.1) is 0 Å². The number of halogens is 2. The number of hydrogen-bond donors (Lipinski definition) is 0. The molecule has 1 heterocycles. The Bertz CT molecular complexity index is 1240. The number of esters is 1. The molecule has 4 rings (SSSR count). The third-order valence-corrected chi connectivity index (χ3v) is 6.03. The highest BCUT2D eigenvalue weighted by atomic mass is 127. The van der Waals surface area contributed by atoms with Crippen molar-refractivity contribution in [1.82, 2.24) is 0 Å². The zero-order valence-electron chi connectivity index (χ0n) is 17.4. The predicted molar refractivity (Wildman–Crippen MR) is 128 cm³/mol. The number of benzene rings is 3. The van der Waals surface area contributed by atoms with Crippen molar-refractivity contribution in [2.24, 2.45) is 4.99 Å². The van der Waals surface area contributed by atoms with Gasteiger partial charge in [-0.2, -0.15) is 0 Å². The van der Waals surface area contributed by atoms with Crippen molar-refractivity contribution in [3.63, 3.8) is 0 Å². The molecule has 3 aromatic rings. The van der Waals surface area contributed by atoms with Crippen LogP contribution in [0.15, 0.2) is 71.4 Å². The van der Waals surface area contributed by atoms with E-state index in [0.717, 1.165) is 20.3 Å². The number of carbonyl (C=O) groups excluding carboxylic acids is 1. The second kappa shape index (κ2) is 9.52. The zero-order valence-corrected chi connectivity index (χ0v) is 19.6. The number of hydrogen-bond acceptors (Lipinski definition) is 5. The third kappa shape index (κ3) is 4.99. The fraction of sp³-hybridized carbons (Fsp3) is 0.120. The van der Waals surface area contributed by atoms with Crippen LogP contribution in [-0.4, -0.2) is 19.0 Å². The van der Waals surface area contributed by atoms with Crippen molar-refractivity contribution < 1.29 is 23.4 Å². The molecule has 0 N–H and O–H groups in total. The second-order valence-corrected chi connectivity index (χ2v) is 8.29. The van der Waals surface area contributed by atoms with Crippen LogP contribution in [0.4, 0.5) is 4.39 Å². The maximum Gasteiger partial charge on any atom is 0.363 e. The summed E-state index contributed by atoms with van der Waals surface area (Å²) < 4.78 is 30.8. The van der Waals surface area contributed by atoms with Crippen LogP contribution < -0.4 is 9.47 Å². The molecule has 162 valence electrons. The Labute approximate surface area is 198 Å². The Morgan fingerprint density at radius 3 is 2.56 bits per heavy atom. The molecule has 7 heteroatoms. The van der Waals surface area contributed by atoms with Crippen LogP contribution in [0.2, 0.25) is 0 Å². The quantitative estimate of drug-likeness (QED) is 0.229. The van der Waals surface area contributed by atoms with Gasteiger partial charge in [-0.25, -0.2) is 14.2 Å². The first-order valence-corrected chi connectivity index (χ1v) is 10.8. The molecule has 3 aromatic carbocycles. The minimum atomic E-state index is -0.508. The molecule has 0 fully saturated rings. The largest absolute Gasteiger partial charge is 0.493 e. The van der Waals surface area contributed by atoms with Crippen LogP contribution in [-0.2, 0) is 16.1 Å². The van der Waals surface area contributed by atoms with Gasteiger partial charge < -0.3 is 14.2 Å². The lowest BCUT2D eigenvalue weighted by Gasteiger charge is -2.11. The van der Waals surface area contributed by atoms with Gasteiger partial charge in [0.25, 0.3) is 0 Å². The first kappa shape index (κ1) is 22.0. The van der Waals surface area contributed by atoms with Crippen molar-refractivity contribution in [2.75, 3.05) is 7.11 Å². The number of aliphatic imine (C=N–C) groups is 1. The van der Waals surface area contributed by atoms with Crippen LogP contribution in [0.5, 0.6) is 11.5 Å². The van der Waals surface area contributed by atoms with Crippen LogP contribution in [0.3, 0.4) is 0 Å². The summed E-state index contributed by atoms with van der Waals surface area (Å²) in [5.41, 5.74) is 3.59. The standard InChI is InChI=1S/C25H19FINO4/c1-15-11-18(6-9-20(15)27)24-28-21(25(29)32-24)12-17-5-10-22(23(13-17)30-2)31-14-16-3-7-19(26)8-4-16/h3-13H,14H2,1-2H3/b21-12-. The van der Waals surface area contributed by atoms with E-state index in [4.69, 9.17) is 14.2 Å². The third-order valence-electron chi connectivity index (χ3n) is 4.82. The number of cyclic esters (lactones) is 1. The van der Waals surface area contributed by atoms with Gasteiger partial charge in [0.05, 0.1) is 7.11 Å². The first-order valence-electron chi connectivity index (χ1n) is 9.77. The summed E-state index contributed by atoms with van der Waals surface area (Å²) in [6.07, 6.45) is 1.64. The molecule has 0 atom stereocenters. The topological polar surface area (TPSA) is 57.1 Å². The van der Waals surface area contributed by atoms with E-state index in [2.05, 4.69) is 27.6 Å². The van der Waals surface area contributed by atoms with Crippen molar-refractivity contribution in [3.8, 4) is 11.5 Å². The number of methoxy groups -OCH3 is 1.